The normalized spacial score (nSPS) is 15.8. The number of carbonyl (C=O) groups is 2. The minimum absolute atomic E-state index is 0.0392. The van der Waals surface area contributed by atoms with E-state index in [9.17, 15) is 14.0 Å². The SMILES string of the molecule is CC1(C(=O)NCc2ccc(F)cc2)CCN(C(=O)Nc2ccccc2Br)CC1. The maximum atomic E-state index is 13.0. The Kier molecular flexibility index (Phi) is 6.34. The topological polar surface area (TPSA) is 61.4 Å². The van der Waals surface area contributed by atoms with E-state index in [0.717, 1.165) is 15.7 Å². The molecule has 28 heavy (non-hydrogen) atoms. The second-order valence-corrected chi connectivity index (χ2v) is 8.12. The van der Waals surface area contributed by atoms with Gasteiger partial charge in [-0.1, -0.05) is 31.2 Å². The van der Waals surface area contributed by atoms with Crippen LogP contribution in [0.5, 0.6) is 0 Å². The Balaban J connectivity index is 1.51. The summed E-state index contributed by atoms with van der Waals surface area (Å²) < 4.78 is 13.8. The first-order valence-corrected chi connectivity index (χ1v) is 10.00. The van der Waals surface area contributed by atoms with Gasteiger partial charge in [-0.25, -0.2) is 9.18 Å². The summed E-state index contributed by atoms with van der Waals surface area (Å²) in [6, 6.07) is 13.4. The number of nitrogens with one attached hydrogen (secondary N) is 2. The number of rotatable bonds is 4. The van der Waals surface area contributed by atoms with E-state index in [0.29, 0.717) is 32.5 Å². The smallest absolute Gasteiger partial charge is 0.321 e. The first-order valence-electron chi connectivity index (χ1n) is 9.21. The summed E-state index contributed by atoms with van der Waals surface area (Å²) in [5, 5.41) is 5.83. The zero-order valence-electron chi connectivity index (χ0n) is 15.7. The van der Waals surface area contributed by atoms with E-state index in [-0.39, 0.29) is 17.8 Å². The van der Waals surface area contributed by atoms with Crippen LogP contribution in [-0.4, -0.2) is 29.9 Å². The van der Waals surface area contributed by atoms with E-state index >= 15 is 0 Å². The Bertz CT molecular complexity index is 849. The van der Waals surface area contributed by atoms with Crippen molar-refractivity contribution >= 4 is 33.6 Å². The van der Waals surface area contributed by atoms with Crippen molar-refractivity contribution in [1.82, 2.24) is 10.2 Å². The minimum Gasteiger partial charge on any atom is -0.352 e. The van der Waals surface area contributed by atoms with Gasteiger partial charge >= 0.3 is 6.03 Å². The Labute approximate surface area is 172 Å². The van der Waals surface area contributed by atoms with Crippen molar-refractivity contribution in [2.75, 3.05) is 18.4 Å². The lowest BCUT2D eigenvalue weighted by molar-refractivity contribution is -0.132. The molecule has 0 spiro atoms. The molecule has 2 N–H and O–H groups in total. The minimum atomic E-state index is -0.524. The summed E-state index contributed by atoms with van der Waals surface area (Å²) in [5.41, 5.74) is 1.05. The van der Waals surface area contributed by atoms with Gasteiger partial charge < -0.3 is 15.5 Å². The average molecular weight is 448 g/mol. The molecule has 0 saturated carbocycles. The van der Waals surface area contributed by atoms with E-state index in [2.05, 4.69) is 26.6 Å². The Morgan fingerprint density at radius 1 is 1.11 bits per heavy atom. The molecule has 0 aliphatic carbocycles. The third-order valence-corrected chi connectivity index (χ3v) is 5.88. The van der Waals surface area contributed by atoms with Crippen LogP contribution < -0.4 is 10.6 Å². The molecule has 0 aromatic heterocycles. The number of urea groups is 1. The van der Waals surface area contributed by atoms with Gasteiger partial charge in [0, 0.05) is 29.5 Å². The molecule has 1 saturated heterocycles. The fraction of sp³-hybridized carbons (Fsp3) is 0.333. The van der Waals surface area contributed by atoms with Gasteiger partial charge in [-0.05, 0) is 58.6 Å². The number of nitrogens with zero attached hydrogens (tertiary/aromatic N) is 1. The van der Waals surface area contributed by atoms with Gasteiger partial charge in [0.2, 0.25) is 5.91 Å². The van der Waals surface area contributed by atoms with E-state index in [1.807, 2.05) is 31.2 Å². The maximum absolute atomic E-state index is 13.0. The standard InChI is InChI=1S/C21H23BrFN3O2/c1-21(19(27)24-14-15-6-8-16(23)9-7-15)10-12-26(13-11-21)20(28)25-18-5-3-2-4-17(18)22/h2-9H,10-14H2,1H3,(H,24,27)(H,25,28). The second kappa shape index (κ2) is 8.73. The van der Waals surface area contributed by atoms with Crippen LogP contribution in [0, 0.1) is 11.2 Å². The third kappa shape index (κ3) is 4.90. The van der Waals surface area contributed by atoms with Crippen LogP contribution in [0.2, 0.25) is 0 Å². The lowest BCUT2D eigenvalue weighted by atomic mass is 9.79. The predicted octanol–water partition coefficient (Wildman–Crippen LogP) is 4.54. The number of halogens is 2. The molecule has 1 fully saturated rings. The number of benzene rings is 2. The number of hydrogen-bond donors (Lipinski definition) is 2. The van der Waals surface area contributed by atoms with Gasteiger partial charge in [0.15, 0.2) is 0 Å². The molecule has 148 valence electrons. The molecule has 1 aliphatic heterocycles. The summed E-state index contributed by atoms with van der Waals surface area (Å²) in [6.07, 6.45) is 1.18. The first-order chi connectivity index (χ1) is 13.4. The lowest BCUT2D eigenvalue weighted by Gasteiger charge is -2.38. The van der Waals surface area contributed by atoms with E-state index in [1.54, 1.807) is 17.0 Å². The van der Waals surface area contributed by atoms with Crippen molar-refractivity contribution in [3.8, 4) is 0 Å². The summed E-state index contributed by atoms with van der Waals surface area (Å²) >= 11 is 3.42. The fourth-order valence-electron chi connectivity index (χ4n) is 3.19. The first kappa shape index (κ1) is 20.3. The monoisotopic (exact) mass is 447 g/mol. The molecule has 1 heterocycles. The van der Waals surface area contributed by atoms with Crippen molar-refractivity contribution in [2.45, 2.75) is 26.3 Å². The largest absolute Gasteiger partial charge is 0.352 e. The van der Waals surface area contributed by atoms with Crippen LogP contribution in [0.3, 0.4) is 0 Å². The van der Waals surface area contributed by atoms with Crippen LogP contribution in [-0.2, 0) is 11.3 Å². The fourth-order valence-corrected chi connectivity index (χ4v) is 3.57. The third-order valence-electron chi connectivity index (χ3n) is 5.18. The summed E-state index contributed by atoms with van der Waals surface area (Å²) in [6.45, 7) is 3.31. The zero-order chi connectivity index (χ0) is 20.1. The van der Waals surface area contributed by atoms with Gasteiger partial charge in [-0.15, -0.1) is 0 Å². The molecule has 2 aromatic rings. The van der Waals surface area contributed by atoms with Crippen LogP contribution >= 0.6 is 15.9 Å². The average Bonchev–Trinajstić information content (AvgIpc) is 2.69. The molecule has 0 radical (unpaired) electrons. The molecule has 0 unspecified atom stereocenters. The summed E-state index contributed by atoms with van der Waals surface area (Å²) in [7, 11) is 0. The number of para-hydroxylation sites is 1. The Hall–Kier alpha value is -2.41. The van der Waals surface area contributed by atoms with Gasteiger partial charge in [-0.3, -0.25) is 4.79 Å². The van der Waals surface area contributed by atoms with E-state index in [1.165, 1.54) is 12.1 Å². The molecule has 5 nitrogen and oxygen atoms in total. The molecule has 0 atom stereocenters. The van der Waals surface area contributed by atoms with Crippen LogP contribution in [0.25, 0.3) is 0 Å². The molecule has 3 amide bonds. The van der Waals surface area contributed by atoms with Gasteiger partial charge in [0.05, 0.1) is 5.69 Å². The van der Waals surface area contributed by atoms with Crippen LogP contribution in [0.4, 0.5) is 14.9 Å². The molecule has 0 bridgehead atoms. The van der Waals surface area contributed by atoms with Crippen molar-refractivity contribution in [3.05, 3.63) is 64.4 Å². The molecular formula is C21H23BrFN3O2. The maximum Gasteiger partial charge on any atom is 0.321 e. The van der Waals surface area contributed by atoms with E-state index < -0.39 is 5.41 Å². The number of likely N-dealkylation sites (tertiary alicyclic amines) is 1. The number of amides is 3. The molecule has 7 heteroatoms. The Morgan fingerprint density at radius 2 is 1.75 bits per heavy atom. The molecular weight excluding hydrogens is 425 g/mol. The molecule has 2 aromatic carbocycles. The summed E-state index contributed by atoms with van der Waals surface area (Å²) in [4.78, 5) is 26.9. The highest BCUT2D eigenvalue weighted by molar-refractivity contribution is 9.10. The van der Waals surface area contributed by atoms with Crippen LogP contribution in [0.15, 0.2) is 53.0 Å². The van der Waals surface area contributed by atoms with Gasteiger partial charge in [0.25, 0.3) is 0 Å². The highest BCUT2D eigenvalue weighted by atomic mass is 79.9. The van der Waals surface area contributed by atoms with Crippen molar-refractivity contribution in [2.24, 2.45) is 5.41 Å². The second-order valence-electron chi connectivity index (χ2n) is 7.27. The number of hydrogen-bond acceptors (Lipinski definition) is 2. The van der Waals surface area contributed by atoms with Crippen molar-refractivity contribution < 1.29 is 14.0 Å². The van der Waals surface area contributed by atoms with Crippen LogP contribution in [0.1, 0.15) is 25.3 Å². The van der Waals surface area contributed by atoms with Crippen molar-refractivity contribution in [3.63, 3.8) is 0 Å². The summed E-state index contributed by atoms with van der Waals surface area (Å²) in [5.74, 6) is -0.335. The highest BCUT2D eigenvalue weighted by Gasteiger charge is 2.38. The quantitative estimate of drug-likeness (QED) is 0.722. The number of carbonyl (C=O) groups excluding carboxylic acids is 2. The number of anilines is 1. The Morgan fingerprint density at radius 3 is 2.39 bits per heavy atom. The van der Waals surface area contributed by atoms with Gasteiger partial charge in [0.1, 0.15) is 5.82 Å². The van der Waals surface area contributed by atoms with Crippen molar-refractivity contribution in [1.29, 1.82) is 0 Å². The zero-order valence-corrected chi connectivity index (χ0v) is 17.3. The predicted molar refractivity (Wildman–Crippen MR) is 110 cm³/mol. The highest BCUT2D eigenvalue weighted by Crippen LogP contribution is 2.32. The number of piperidine rings is 1. The molecule has 1 aliphatic rings. The van der Waals surface area contributed by atoms with Gasteiger partial charge in [-0.2, -0.15) is 0 Å². The van der Waals surface area contributed by atoms with E-state index in [4.69, 9.17) is 0 Å². The lowest BCUT2D eigenvalue weighted by Crippen LogP contribution is -2.49. The molecule has 3 rings (SSSR count).